The second kappa shape index (κ2) is 7.37. The monoisotopic (exact) mass is 374 g/mol. The average molecular weight is 374 g/mol. The number of aliphatic hydroxyl groups is 1. The minimum Gasteiger partial charge on any atom is -0.392 e. The second-order valence-corrected chi connectivity index (χ2v) is 6.03. The maximum absolute atomic E-state index is 11.1. The minimum absolute atomic E-state index is 0.0949. The van der Waals surface area contributed by atoms with Gasteiger partial charge in [-0.25, -0.2) is 0 Å². The van der Waals surface area contributed by atoms with E-state index in [1.54, 1.807) is 10.9 Å². The third-order valence-corrected chi connectivity index (χ3v) is 4.24. The molecule has 0 saturated heterocycles. The molecule has 0 spiro atoms. The standard InChI is InChI=1S/C20H16N5O3/c26-14-16-13-18(25(27)28)11-12-19(16)24-22-20(15-7-3-1-4-8-15)21-23(24)17-9-5-2-6-10-17/h1-13,26H,14H2/q+1. The summed E-state index contributed by atoms with van der Waals surface area (Å²) in [7, 11) is 0. The SMILES string of the molecule is O=[N+]([O-])c1ccc(-n2nc(-c3ccccc3)n[n+]2-c2ccccc2)c(CO)c1. The number of benzene rings is 3. The molecule has 4 aromatic rings. The van der Waals surface area contributed by atoms with Crippen LogP contribution in [-0.4, -0.2) is 25.0 Å². The van der Waals surface area contributed by atoms with E-state index in [1.165, 1.54) is 16.9 Å². The van der Waals surface area contributed by atoms with Crippen molar-refractivity contribution < 1.29 is 14.8 Å². The maximum atomic E-state index is 11.1. The van der Waals surface area contributed by atoms with Gasteiger partial charge in [-0.1, -0.05) is 36.4 Å². The van der Waals surface area contributed by atoms with E-state index in [-0.39, 0.29) is 12.3 Å². The fourth-order valence-corrected chi connectivity index (χ4v) is 2.88. The highest BCUT2D eigenvalue weighted by molar-refractivity contribution is 5.54. The number of hydrogen-bond acceptors (Lipinski definition) is 5. The van der Waals surface area contributed by atoms with E-state index >= 15 is 0 Å². The van der Waals surface area contributed by atoms with Gasteiger partial charge in [0.25, 0.3) is 5.69 Å². The summed E-state index contributed by atoms with van der Waals surface area (Å²) in [6.45, 7) is -0.369. The topological polar surface area (TPSA) is 98.0 Å². The second-order valence-electron chi connectivity index (χ2n) is 6.03. The van der Waals surface area contributed by atoms with Crippen molar-refractivity contribution in [2.75, 3.05) is 0 Å². The first-order valence-electron chi connectivity index (χ1n) is 8.56. The number of nitro benzene ring substituents is 1. The Kier molecular flexibility index (Phi) is 4.61. The van der Waals surface area contributed by atoms with Gasteiger partial charge in [-0.15, -0.1) is 0 Å². The fourth-order valence-electron chi connectivity index (χ4n) is 2.88. The van der Waals surface area contributed by atoms with E-state index < -0.39 is 4.92 Å². The molecule has 3 aromatic carbocycles. The molecule has 1 N–H and O–H groups in total. The van der Waals surface area contributed by atoms with Crippen LogP contribution in [0.15, 0.2) is 78.9 Å². The number of nitro groups is 1. The molecule has 0 unspecified atom stereocenters. The summed E-state index contributed by atoms with van der Waals surface area (Å²) >= 11 is 0. The van der Waals surface area contributed by atoms with Gasteiger partial charge >= 0.3 is 5.82 Å². The van der Waals surface area contributed by atoms with Crippen LogP contribution in [0.4, 0.5) is 5.69 Å². The quantitative estimate of drug-likeness (QED) is 0.329. The third-order valence-electron chi connectivity index (χ3n) is 4.24. The number of aliphatic hydroxyl groups excluding tert-OH is 1. The number of nitrogens with zero attached hydrogens (tertiary/aromatic N) is 5. The largest absolute Gasteiger partial charge is 0.392 e. The summed E-state index contributed by atoms with van der Waals surface area (Å²) in [6.07, 6.45) is 0. The molecule has 0 aliphatic carbocycles. The smallest absolute Gasteiger partial charge is 0.340 e. The number of para-hydroxylation sites is 1. The zero-order valence-electron chi connectivity index (χ0n) is 14.7. The van der Waals surface area contributed by atoms with E-state index in [0.717, 1.165) is 11.3 Å². The van der Waals surface area contributed by atoms with Crippen LogP contribution < -0.4 is 4.80 Å². The van der Waals surface area contributed by atoms with Crippen molar-refractivity contribution in [1.82, 2.24) is 15.0 Å². The molecule has 0 amide bonds. The molecule has 0 radical (unpaired) electrons. The van der Waals surface area contributed by atoms with Gasteiger partial charge in [0.15, 0.2) is 5.69 Å². The minimum atomic E-state index is -0.495. The Morgan fingerprint density at radius 1 is 1.00 bits per heavy atom. The van der Waals surface area contributed by atoms with Gasteiger partial charge in [0.1, 0.15) is 5.69 Å². The van der Waals surface area contributed by atoms with E-state index in [2.05, 4.69) is 10.2 Å². The Balaban J connectivity index is 1.93. The lowest BCUT2D eigenvalue weighted by Crippen LogP contribution is -2.43. The van der Waals surface area contributed by atoms with E-state index in [4.69, 9.17) is 0 Å². The van der Waals surface area contributed by atoms with Gasteiger partial charge < -0.3 is 5.11 Å². The molecular formula is C20H16N5O3+. The number of aromatic nitrogens is 4. The molecule has 8 heteroatoms. The summed E-state index contributed by atoms with van der Waals surface area (Å²) < 4.78 is 0. The fraction of sp³-hybridized carbons (Fsp3) is 0.0500. The van der Waals surface area contributed by atoms with Crippen molar-refractivity contribution in [2.24, 2.45) is 0 Å². The van der Waals surface area contributed by atoms with Crippen LogP contribution in [0.5, 0.6) is 0 Å². The van der Waals surface area contributed by atoms with Crippen molar-refractivity contribution in [2.45, 2.75) is 6.61 Å². The van der Waals surface area contributed by atoms with Gasteiger partial charge in [-0.2, -0.15) is 0 Å². The average Bonchev–Trinajstić information content (AvgIpc) is 3.19. The first kappa shape index (κ1) is 17.5. The molecule has 0 fully saturated rings. The van der Waals surface area contributed by atoms with Crippen LogP contribution in [0.1, 0.15) is 5.56 Å². The lowest BCUT2D eigenvalue weighted by Gasteiger charge is -2.04. The van der Waals surface area contributed by atoms with E-state index in [1.807, 2.05) is 60.7 Å². The number of hydrogen-bond donors (Lipinski definition) is 1. The Labute approximate surface area is 160 Å². The van der Waals surface area contributed by atoms with Crippen molar-refractivity contribution in [3.8, 4) is 22.8 Å². The predicted molar refractivity (Wildman–Crippen MR) is 101 cm³/mol. The van der Waals surface area contributed by atoms with Gasteiger partial charge in [0, 0.05) is 22.5 Å². The van der Waals surface area contributed by atoms with Crippen LogP contribution in [0.3, 0.4) is 0 Å². The third kappa shape index (κ3) is 3.24. The van der Waals surface area contributed by atoms with Crippen LogP contribution in [0.2, 0.25) is 0 Å². The molecule has 0 saturated carbocycles. The molecule has 4 rings (SSSR count). The highest BCUT2D eigenvalue weighted by Crippen LogP contribution is 2.21. The van der Waals surface area contributed by atoms with Crippen LogP contribution >= 0.6 is 0 Å². The maximum Gasteiger partial charge on any atom is 0.340 e. The first-order valence-corrected chi connectivity index (χ1v) is 8.56. The summed E-state index contributed by atoms with van der Waals surface area (Å²) in [4.78, 5) is 13.7. The van der Waals surface area contributed by atoms with Crippen molar-refractivity contribution in [1.29, 1.82) is 0 Å². The Hall–Kier alpha value is -3.91. The molecule has 1 heterocycles. The molecule has 138 valence electrons. The molecule has 1 aromatic heterocycles. The van der Waals surface area contributed by atoms with Crippen LogP contribution in [-0.2, 0) is 6.61 Å². The van der Waals surface area contributed by atoms with Gasteiger partial charge in [-0.05, 0) is 40.2 Å². The zero-order chi connectivity index (χ0) is 19.5. The molecule has 8 nitrogen and oxygen atoms in total. The summed E-state index contributed by atoms with van der Waals surface area (Å²) in [5.74, 6) is 0.492. The summed E-state index contributed by atoms with van der Waals surface area (Å²) in [5, 5.41) is 30.1. The van der Waals surface area contributed by atoms with Crippen LogP contribution in [0.25, 0.3) is 22.8 Å². The first-order chi connectivity index (χ1) is 13.7. The highest BCUT2D eigenvalue weighted by Gasteiger charge is 2.25. The number of non-ortho nitro benzene ring substituents is 1. The lowest BCUT2D eigenvalue weighted by molar-refractivity contribution is -0.734. The molecule has 0 aliphatic rings. The van der Waals surface area contributed by atoms with Crippen molar-refractivity contribution in [3.63, 3.8) is 0 Å². The van der Waals surface area contributed by atoms with E-state index in [0.29, 0.717) is 17.1 Å². The Bertz CT molecular complexity index is 1130. The van der Waals surface area contributed by atoms with E-state index in [9.17, 15) is 15.2 Å². The van der Waals surface area contributed by atoms with Gasteiger partial charge in [-0.3, -0.25) is 10.1 Å². The van der Waals surface area contributed by atoms with Crippen LogP contribution in [0, 0.1) is 10.1 Å². The Morgan fingerprint density at radius 3 is 2.32 bits per heavy atom. The molecule has 0 atom stereocenters. The Morgan fingerprint density at radius 2 is 1.68 bits per heavy atom. The summed E-state index contributed by atoms with van der Waals surface area (Å²) in [5.41, 5.74) is 2.38. The van der Waals surface area contributed by atoms with Crippen molar-refractivity contribution >= 4 is 5.69 Å². The van der Waals surface area contributed by atoms with Gasteiger partial charge in [0.2, 0.25) is 0 Å². The number of tetrazole rings is 1. The molecule has 28 heavy (non-hydrogen) atoms. The van der Waals surface area contributed by atoms with Gasteiger partial charge in [0.05, 0.1) is 22.2 Å². The number of rotatable bonds is 5. The normalized spacial score (nSPS) is 10.8. The highest BCUT2D eigenvalue weighted by atomic mass is 16.6. The molecular weight excluding hydrogens is 358 g/mol. The molecule has 0 aliphatic heterocycles. The lowest BCUT2D eigenvalue weighted by atomic mass is 10.1. The zero-order valence-corrected chi connectivity index (χ0v) is 14.7. The van der Waals surface area contributed by atoms with Crippen molar-refractivity contribution in [3.05, 3.63) is 94.5 Å². The molecule has 0 bridgehead atoms. The summed E-state index contributed by atoms with van der Waals surface area (Å²) in [6, 6.07) is 23.2. The predicted octanol–water partition coefficient (Wildman–Crippen LogP) is 2.61.